The molecule has 0 aromatic carbocycles. The molecule has 1 unspecified atom stereocenters. The first-order valence-corrected chi connectivity index (χ1v) is 5.52. The quantitative estimate of drug-likeness (QED) is 0.708. The van der Waals surface area contributed by atoms with E-state index in [9.17, 15) is 0 Å². The van der Waals surface area contributed by atoms with Crippen LogP contribution in [0.2, 0.25) is 0 Å². The van der Waals surface area contributed by atoms with Crippen LogP contribution in [-0.4, -0.2) is 19.0 Å². The Morgan fingerprint density at radius 1 is 1.57 bits per heavy atom. The van der Waals surface area contributed by atoms with Crippen LogP contribution in [0.15, 0.2) is 35.5 Å². The van der Waals surface area contributed by atoms with Gasteiger partial charge in [0.2, 0.25) is 0 Å². The van der Waals surface area contributed by atoms with Gasteiger partial charge in [0.1, 0.15) is 0 Å². The van der Waals surface area contributed by atoms with Crippen molar-refractivity contribution in [3.8, 4) is 0 Å². The van der Waals surface area contributed by atoms with Gasteiger partial charge in [-0.15, -0.1) is 11.6 Å². The Morgan fingerprint density at radius 2 is 2.36 bits per heavy atom. The Balaban J connectivity index is 2.65. The second kappa shape index (κ2) is 6.05. The molecule has 1 nitrogen and oxygen atoms in total. The van der Waals surface area contributed by atoms with Gasteiger partial charge in [-0.1, -0.05) is 29.9 Å². The van der Waals surface area contributed by atoms with Gasteiger partial charge in [0.05, 0.1) is 5.38 Å². The first-order chi connectivity index (χ1) is 6.74. The van der Waals surface area contributed by atoms with Gasteiger partial charge in [-0.25, -0.2) is 0 Å². The second-order valence-electron chi connectivity index (χ2n) is 3.56. The van der Waals surface area contributed by atoms with Crippen molar-refractivity contribution in [1.29, 1.82) is 0 Å². The van der Waals surface area contributed by atoms with Crippen LogP contribution in [0.5, 0.6) is 0 Å². The topological polar surface area (TPSA) is 12.0 Å². The molecule has 1 rings (SSSR count). The van der Waals surface area contributed by atoms with Crippen molar-refractivity contribution in [3.05, 3.63) is 35.5 Å². The molecule has 0 aliphatic heterocycles. The molecule has 0 aromatic heterocycles. The summed E-state index contributed by atoms with van der Waals surface area (Å²) in [4.78, 5) is 0. The Kier molecular flexibility index (Phi) is 4.99. The average Bonchev–Trinajstić information content (AvgIpc) is 2.08. The lowest BCUT2D eigenvalue weighted by Gasteiger charge is -2.10. The lowest BCUT2D eigenvalue weighted by molar-refractivity contribution is 0.866. The van der Waals surface area contributed by atoms with Gasteiger partial charge in [-0.3, -0.25) is 0 Å². The molecular formula is C12H18ClN. The van der Waals surface area contributed by atoms with Gasteiger partial charge in [0, 0.05) is 6.54 Å². The Labute approximate surface area is 91.5 Å². The maximum Gasteiger partial charge on any atom is 0.0520 e. The third kappa shape index (κ3) is 3.69. The van der Waals surface area contributed by atoms with E-state index >= 15 is 0 Å². The molecule has 1 aliphatic carbocycles. The summed E-state index contributed by atoms with van der Waals surface area (Å²) in [7, 11) is 1.97. The van der Waals surface area contributed by atoms with E-state index in [0.717, 1.165) is 19.4 Å². The molecular weight excluding hydrogens is 194 g/mol. The van der Waals surface area contributed by atoms with E-state index in [2.05, 4.69) is 29.6 Å². The van der Waals surface area contributed by atoms with Crippen LogP contribution < -0.4 is 5.32 Å². The highest BCUT2D eigenvalue weighted by Crippen LogP contribution is 2.18. The molecule has 0 saturated heterocycles. The van der Waals surface area contributed by atoms with Crippen LogP contribution in [0.1, 0.15) is 19.8 Å². The zero-order valence-corrected chi connectivity index (χ0v) is 9.64. The maximum absolute atomic E-state index is 6.04. The molecule has 1 atom stereocenters. The molecule has 14 heavy (non-hydrogen) atoms. The van der Waals surface area contributed by atoms with Crippen molar-refractivity contribution < 1.29 is 0 Å². The van der Waals surface area contributed by atoms with Crippen molar-refractivity contribution in [1.82, 2.24) is 5.32 Å². The summed E-state index contributed by atoms with van der Waals surface area (Å²) in [6, 6.07) is 0. The van der Waals surface area contributed by atoms with Crippen molar-refractivity contribution >= 4 is 11.6 Å². The minimum Gasteiger partial charge on any atom is -0.316 e. The minimum absolute atomic E-state index is 0.152. The number of alkyl halides is 1. The molecule has 0 saturated carbocycles. The van der Waals surface area contributed by atoms with E-state index in [1.54, 1.807) is 0 Å². The highest BCUT2D eigenvalue weighted by Gasteiger charge is 2.04. The highest BCUT2D eigenvalue weighted by molar-refractivity contribution is 6.22. The molecule has 78 valence electrons. The van der Waals surface area contributed by atoms with Gasteiger partial charge in [-0.05, 0) is 32.4 Å². The van der Waals surface area contributed by atoms with Crippen LogP contribution in [-0.2, 0) is 0 Å². The summed E-state index contributed by atoms with van der Waals surface area (Å²) in [5.74, 6) is 0. The minimum atomic E-state index is 0.152. The standard InChI is InChI=1S/C12H18ClN/c1-10(13)12-7-3-5-11(9-14-2)6-4-8-12/h3,5-7,10,14H,4,8-9H2,1-2H3. The van der Waals surface area contributed by atoms with E-state index in [1.165, 1.54) is 11.1 Å². The van der Waals surface area contributed by atoms with Crippen molar-refractivity contribution in [2.45, 2.75) is 25.1 Å². The molecule has 0 fully saturated rings. The SMILES string of the molecule is CNCC1=CCCC(C(C)Cl)=CC=C1. The van der Waals surface area contributed by atoms with Crippen molar-refractivity contribution in [2.24, 2.45) is 0 Å². The molecule has 1 aliphatic rings. The van der Waals surface area contributed by atoms with Gasteiger partial charge in [0.25, 0.3) is 0 Å². The number of rotatable bonds is 3. The van der Waals surface area contributed by atoms with E-state index in [4.69, 9.17) is 11.6 Å². The summed E-state index contributed by atoms with van der Waals surface area (Å²) in [6.45, 7) is 2.97. The molecule has 0 spiro atoms. The van der Waals surface area contributed by atoms with Crippen LogP contribution >= 0.6 is 11.6 Å². The fourth-order valence-corrected chi connectivity index (χ4v) is 1.72. The number of halogens is 1. The monoisotopic (exact) mass is 211 g/mol. The van der Waals surface area contributed by atoms with Gasteiger partial charge < -0.3 is 5.32 Å². The summed E-state index contributed by atoms with van der Waals surface area (Å²) in [6.07, 6.45) is 10.8. The first kappa shape index (κ1) is 11.5. The molecule has 2 heteroatoms. The van der Waals surface area contributed by atoms with Crippen molar-refractivity contribution in [2.75, 3.05) is 13.6 Å². The zero-order valence-electron chi connectivity index (χ0n) is 8.89. The summed E-state index contributed by atoms with van der Waals surface area (Å²) in [5.41, 5.74) is 2.67. The second-order valence-corrected chi connectivity index (χ2v) is 4.22. The van der Waals surface area contributed by atoms with E-state index in [0.29, 0.717) is 0 Å². The zero-order chi connectivity index (χ0) is 10.4. The normalized spacial score (nSPS) is 19.4. The number of allylic oxidation sites excluding steroid dienone is 4. The average molecular weight is 212 g/mol. The van der Waals surface area contributed by atoms with Crippen LogP contribution in [0.4, 0.5) is 0 Å². The fourth-order valence-electron chi connectivity index (χ4n) is 1.54. The van der Waals surface area contributed by atoms with Gasteiger partial charge in [0.15, 0.2) is 0 Å². The van der Waals surface area contributed by atoms with E-state index in [-0.39, 0.29) is 5.38 Å². The molecule has 0 radical (unpaired) electrons. The lowest BCUT2D eigenvalue weighted by atomic mass is 10.0. The Hall–Kier alpha value is -0.530. The maximum atomic E-state index is 6.04. The number of nitrogens with one attached hydrogen (secondary N) is 1. The molecule has 0 heterocycles. The Morgan fingerprint density at radius 3 is 3.00 bits per heavy atom. The summed E-state index contributed by atoms with van der Waals surface area (Å²) < 4.78 is 0. The number of hydrogen-bond acceptors (Lipinski definition) is 1. The smallest absolute Gasteiger partial charge is 0.0520 e. The molecule has 0 amide bonds. The van der Waals surface area contributed by atoms with Gasteiger partial charge >= 0.3 is 0 Å². The van der Waals surface area contributed by atoms with Crippen molar-refractivity contribution in [3.63, 3.8) is 0 Å². The Bertz CT molecular complexity index is 261. The van der Waals surface area contributed by atoms with Crippen LogP contribution in [0.25, 0.3) is 0 Å². The summed E-state index contributed by atoms with van der Waals surface area (Å²) >= 11 is 6.04. The first-order valence-electron chi connectivity index (χ1n) is 5.09. The van der Waals surface area contributed by atoms with E-state index < -0.39 is 0 Å². The molecule has 1 N–H and O–H groups in total. The van der Waals surface area contributed by atoms with E-state index in [1.807, 2.05) is 14.0 Å². The third-order valence-electron chi connectivity index (χ3n) is 2.35. The fraction of sp³-hybridized carbons (Fsp3) is 0.500. The largest absolute Gasteiger partial charge is 0.316 e. The number of hydrogen-bond donors (Lipinski definition) is 1. The van der Waals surface area contributed by atoms with Gasteiger partial charge in [-0.2, -0.15) is 0 Å². The highest BCUT2D eigenvalue weighted by atomic mass is 35.5. The number of likely N-dealkylation sites (N-methyl/N-ethyl adjacent to an activating group) is 1. The van der Waals surface area contributed by atoms with Crippen LogP contribution in [0, 0.1) is 0 Å². The lowest BCUT2D eigenvalue weighted by Crippen LogP contribution is -2.09. The van der Waals surface area contributed by atoms with Crippen LogP contribution in [0.3, 0.4) is 0 Å². The molecule has 0 aromatic rings. The predicted molar refractivity (Wildman–Crippen MR) is 63.8 cm³/mol. The molecule has 0 bridgehead atoms. The third-order valence-corrected chi connectivity index (χ3v) is 2.63. The summed E-state index contributed by atoms with van der Waals surface area (Å²) in [5, 5.41) is 3.31. The predicted octanol–water partition coefficient (Wildman–Crippen LogP) is 3.04.